The van der Waals surface area contributed by atoms with E-state index in [1.165, 1.54) is 18.2 Å². The van der Waals surface area contributed by atoms with Crippen molar-refractivity contribution in [3.8, 4) is 0 Å². The molecule has 0 saturated heterocycles. The third-order valence-corrected chi connectivity index (χ3v) is 2.18. The number of hydrogen-bond donors (Lipinski definition) is 1. The second kappa shape index (κ2) is 5.03. The van der Waals surface area contributed by atoms with Gasteiger partial charge in [0.1, 0.15) is 5.69 Å². The number of carbonyl (C=O) groups is 1. The molecule has 0 aliphatic rings. The van der Waals surface area contributed by atoms with E-state index < -0.39 is 17.5 Å². The fraction of sp³-hybridized carbons (Fsp3) is 0.455. The molecule has 0 aliphatic carbocycles. The highest BCUT2D eigenvalue weighted by molar-refractivity contribution is 5.92. The highest BCUT2D eigenvalue weighted by atomic mass is 19.1. The van der Waals surface area contributed by atoms with Crippen LogP contribution < -0.4 is 5.32 Å². The molecule has 4 nitrogen and oxygen atoms in total. The van der Waals surface area contributed by atoms with Gasteiger partial charge < -0.3 is 10.1 Å². The molecular weight excluding hydrogens is 211 g/mol. The number of hydrogen-bond acceptors (Lipinski definition) is 3. The summed E-state index contributed by atoms with van der Waals surface area (Å²) in [6, 6.07) is 4.09. The average Bonchev–Trinajstić information content (AvgIpc) is 2.26. The van der Waals surface area contributed by atoms with Crippen molar-refractivity contribution in [3.63, 3.8) is 0 Å². The highest BCUT2D eigenvalue weighted by Gasteiger charge is 2.18. The lowest BCUT2D eigenvalue weighted by atomic mass is 10.1. The minimum atomic E-state index is -0.668. The Morgan fingerprint density at radius 2 is 2.25 bits per heavy atom. The summed E-state index contributed by atoms with van der Waals surface area (Å²) >= 11 is 0. The maximum Gasteiger partial charge on any atom is 0.270 e. The molecule has 0 bridgehead atoms. The summed E-state index contributed by atoms with van der Waals surface area (Å²) in [7, 11) is 1.56. The summed E-state index contributed by atoms with van der Waals surface area (Å²) in [6.07, 6.45) is 0. The molecule has 0 radical (unpaired) electrons. The van der Waals surface area contributed by atoms with Crippen molar-refractivity contribution < 1.29 is 13.9 Å². The maximum absolute atomic E-state index is 12.8. The van der Waals surface area contributed by atoms with Crippen LogP contribution in [0.25, 0.3) is 0 Å². The molecule has 1 aromatic heterocycles. The molecule has 16 heavy (non-hydrogen) atoms. The van der Waals surface area contributed by atoms with Crippen LogP contribution >= 0.6 is 0 Å². The molecule has 0 fully saturated rings. The fourth-order valence-electron chi connectivity index (χ4n) is 0.991. The standard InChI is InChI=1S/C11H15FN2O2/c1-11(2,16-3)7-13-10(15)8-5-4-6-9(12)14-8/h4-6H,7H2,1-3H3,(H,13,15). The van der Waals surface area contributed by atoms with Gasteiger partial charge in [-0.25, -0.2) is 4.98 Å². The van der Waals surface area contributed by atoms with E-state index in [2.05, 4.69) is 10.3 Å². The zero-order chi connectivity index (χ0) is 12.2. The Balaban J connectivity index is 2.60. The number of nitrogens with one attached hydrogen (secondary N) is 1. The summed E-state index contributed by atoms with van der Waals surface area (Å²) in [5.41, 5.74) is -0.393. The summed E-state index contributed by atoms with van der Waals surface area (Å²) in [5, 5.41) is 2.62. The second-order valence-corrected chi connectivity index (χ2v) is 3.99. The molecule has 0 unspecified atom stereocenters. The molecule has 5 heteroatoms. The van der Waals surface area contributed by atoms with E-state index in [1.54, 1.807) is 7.11 Å². The predicted molar refractivity (Wildman–Crippen MR) is 57.6 cm³/mol. The summed E-state index contributed by atoms with van der Waals surface area (Å²) in [6.45, 7) is 4.01. The van der Waals surface area contributed by atoms with E-state index in [0.29, 0.717) is 6.54 Å². The molecule has 1 amide bonds. The van der Waals surface area contributed by atoms with Crippen LogP contribution in [0.4, 0.5) is 4.39 Å². The number of ether oxygens (including phenoxy) is 1. The molecule has 0 aromatic carbocycles. The minimum Gasteiger partial charge on any atom is -0.377 e. The number of carbonyl (C=O) groups excluding carboxylic acids is 1. The lowest BCUT2D eigenvalue weighted by Gasteiger charge is -2.22. The third-order valence-electron chi connectivity index (χ3n) is 2.18. The number of aromatic nitrogens is 1. The molecule has 0 atom stereocenters. The van der Waals surface area contributed by atoms with Gasteiger partial charge in [-0.15, -0.1) is 0 Å². The topological polar surface area (TPSA) is 51.2 Å². The first-order valence-corrected chi connectivity index (χ1v) is 4.90. The lowest BCUT2D eigenvalue weighted by molar-refractivity contribution is 0.0228. The molecule has 0 saturated carbocycles. The Labute approximate surface area is 93.8 Å². The Bertz CT molecular complexity index is 380. The van der Waals surface area contributed by atoms with E-state index in [1.807, 2.05) is 13.8 Å². The Hall–Kier alpha value is -1.49. The van der Waals surface area contributed by atoms with Crippen LogP contribution in [0.3, 0.4) is 0 Å². The molecular formula is C11H15FN2O2. The van der Waals surface area contributed by atoms with E-state index in [0.717, 1.165) is 0 Å². The van der Waals surface area contributed by atoms with Gasteiger partial charge in [-0.1, -0.05) is 6.07 Å². The molecule has 1 rings (SSSR count). The molecule has 1 heterocycles. The van der Waals surface area contributed by atoms with Crippen molar-refractivity contribution >= 4 is 5.91 Å². The Morgan fingerprint density at radius 1 is 1.56 bits per heavy atom. The van der Waals surface area contributed by atoms with Gasteiger partial charge in [0, 0.05) is 13.7 Å². The zero-order valence-electron chi connectivity index (χ0n) is 9.58. The number of halogens is 1. The van der Waals surface area contributed by atoms with Gasteiger partial charge in [0.05, 0.1) is 5.60 Å². The van der Waals surface area contributed by atoms with Crippen LogP contribution in [0, 0.1) is 5.95 Å². The zero-order valence-corrected chi connectivity index (χ0v) is 9.58. The third kappa shape index (κ3) is 3.58. The van der Waals surface area contributed by atoms with E-state index in [-0.39, 0.29) is 5.69 Å². The normalized spacial score (nSPS) is 11.2. The maximum atomic E-state index is 12.8. The molecule has 0 aliphatic heterocycles. The van der Waals surface area contributed by atoms with E-state index >= 15 is 0 Å². The smallest absolute Gasteiger partial charge is 0.270 e. The monoisotopic (exact) mass is 226 g/mol. The van der Waals surface area contributed by atoms with Crippen LogP contribution in [-0.4, -0.2) is 30.1 Å². The van der Waals surface area contributed by atoms with Gasteiger partial charge in [0.25, 0.3) is 5.91 Å². The second-order valence-electron chi connectivity index (χ2n) is 3.99. The molecule has 88 valence electrons. The number of rotatable bonds is 4. The van der Waals surface area contributed by atoms with Crippen molar-refractivity contribution in [1.82, 2.24) is 10.3 Å². The van der Waals surface area contributed by atoms with Gasteiger partial charge in [-0.3, -0.25) is 4.79 Å². The first kappa shape index (κ1) is 12.6. The molecule has 0 spiro atoms. The van der Waals surface area contributed by atoms with Crippen molar-refractivity contribution in [2.24, 2.45) is 0 Å². The predicted octanol–water partition coefficient (Wildman–Crippen LogP) is 1.38. The lowest BCUT2D eigenvalue weighted by Crippen LogP contribution is -2.40. The van der Waals surface area contributed by atoms with Crippen molar-refractivity contribution in [2.75, 3.05) is 13.7 Å². The average molecular weight is 226 g/mol. The van der Waals surface area contributed by atoms with Gasteiger partial charge in [0.2, 0.25) is 5.95 Å². The molecule has 1 N–H and O–H groups in total. The van der Waals surface area contributed by atoms with Gasteiger partial charge in [0.15, 0.2) is 0 Å². The number of methoxy groups -OCH3 is 1. The quantitative estimate of drug-likeness (QED) is 0.789. The largest absolute Gasteiger partial charge is 0.377 e. The van der Waals surface area contributed by atoms with Crippen LogP contribution in [0.5, 0.6) is 0 Å². The van der Waals surface area contributed by atoms with Gasteiger partial charge >= 0.3 is 0 Å². The van der Waals surface area contributed by atoms with Crippen LogP contribution in [0.15, 0.2) is 18.2 Å². The van der Waals surface area contributed by atoms with E-state index in [9.17, 15) is 9.18 Å². The van der Waals surface area contributed by atoms with Crippen LogP contribution in [0.2, 0.25) is 0 Å². The van der Waals surface area contributed by atoms with Gasteiger partial charge in [-0.2, -0.15) is 4.39 Å². The Kier molecular flexibility index (Phi) is 3.95. The van der Waals surface area contributed by atoms with Crippen LogP contribution in [-0.2, 0) is 4.74 Å². The van der Waals surface area contributed by atoms with Crippen molar-refractivity contribution in [2.45, 2.75) is 19.4 Å². The van der Waals surface area contributed by atoms with Crippen LogP contribution in [0.1, 0.15) is 24.3 Å². The van der Waals surface area contributed by atoms with E-state index in [4.69, 9.17) is 4.74 Å². The SMILES string of the molecule is COC(C)(C)CNC(=O)c1cccc(F)n1. The summed E-state index contributed by atoms with van der Waals surface area (Å²) < 4.78 is 17.9. The van der Waals surface area contributed by atoms with Crippen molar-refractivity contribution in [1.29, 1.82) is 0 Å². The summed E-state index contributed by atoms with van der Waals surface area (Å²) in [4.78, 5) is 15.0. The highest BCUT2D eigenvalue weighted by Crippen LogP contribution is 2.05. The first-order valence-electron chi connectivity index (χ1n) is 4.90. The number of nitrogens with zero attached hydrogens (tertiary/aromatic N) is 1. The fourth-order valence-corrected chi connectivity index (χ4v) is 0.991. The molecule has 1 aromatic rings. The first-order chi connectivity index (χ1) is 7.44. The van der Waals surface area contributed by atoms with Crippen molar-refractivity contribution in [3.05, 3.63) is 29.8 Å². The number of amides is 1. The number of pyridine rings is 1. The Morgan fingerprint density at radius 3 is 2.81 bits per heavy atom. The minimum absolute atomic E-state index is 0.0619. The summed E-state index contributed by atoms with van der Waals surface area (Å²) in [5.74, 6) is -1.08. The van der Waals surface area contributed by atoms with Gasteiger partial charge in [-0.05, 0) is 26.0 Å².